The third-order valence-electron chi connectivity index (χ3n) is 5.61. The molecule has 1 aliphatic heterocycles. The summed E-state index contributed by atoms with van der Waals surface area (Å²) < 4.78 is 1.86. The number of aromatic hydroxyl groups is 1. The Balaban J connectivity index is 2.29. The number of carboxylic acid groups (broad SMARTS) is 1. The molecule has 6 heteroatoms. The van der Waals surface area contributed by atoms with Gasteiger partial charge in [-0.3, -0.25) is 4.79 Å². The van der Waals surface area contributed by atoms with Crippen LogP contribution in [-0.4, -0.2) is 20.7 Å². The Morgan fingerprint density at radius 1 is 1.23 bits per heavy atom. The van der Waals surface area contributed by atoms with E-state index in [4.69, 9.17) is 5.73 Å². The van der Waals surface area contributed by atoms with Gasteiger partial charge in [-0.25, -0.2) is 4.79 Å². The number of pyridine rings is 1. The fraction of sp³-hybridized carbons (Fsp3) is 0.280. The molecule has 1 aromatic heterocycles. The fourth-order valence-corrected chi connectivity index (χ4v) is 3.97. The maximum atomic E-state index is 12.5. The number of carbonyl (C=O) groups is 1. The molecule has 6 nitrogen and oxygen atoms in total. The molecule has 0 spiro atoms. The van der Waals surface area contributed by atoms with E-state index in [-0.39, 0.29) is 22.8 Å². The van der Waals surface area contributed by atoms with Crippen LogP contribution in [0, 0.1) is 5.41 Å². The lowest BCUT2D eigenvalue weighted by Crippen LogP contribution is -2.32. The van der Waals surface area contributed by atoms with Crippen molar-refractivity contribution in [1.82, 2.24) is 4.57 Å². The van der Waals surface area contributed by atoms with Gasteiger partial charge in [0.1, 0.15) is 11.3 Å². The molecule has 0 saturated heterocycles. The summed E-state index contributed by atoms with van der Waals surface area (Å²) in [4.78, 5) is 24.0. The highest BCUT2D eigenvalue weighted by Crippen LogP contribution is 2.44. The molecular formula is C25H28N2O4. The summed E-state index contributed by atoms with van der Waals surface area (Å²) in [5.74, 6) is -1.20. The lowest BCUT2D eigenvalue weighted by atomic mass is 9.78. The van der Waals surface area contributed by atoms with Crippen LogP contribution in [0.25, 0.3) is 16.8 Å². The molecule has 162 valence electrons. The van der Waals surface area contributed by atoms with E-state index in [1.54, 1.807) is 31.2 Å². The molecule has 1 atom stereocenters. The van der Waals surface area contributed by atoms with Crippen molar-refractivity contribution in [1.29, 1.82) is 0 Å². The van der Waals surface area contributed by atoms with Gasteiger partial charge in [-0.1, -0.05) is 39.5 Å². The number of aromatic carboxylic acids is 1. The van der Waals surface area contributed by atoms with Crippen molar-refractivity contribution in [2.75, 3.05) is 0 Å². The Labute approximate surface area is 181 Å². The van der Waals surface area contributed by atoms with E-state index in [1.165, 1.54) is 12.3 Å². The predicted octanol–water partition coefficient (Wildman–Crippen LogP) is 4.49. The zero-order valence-corrected chi connectivity index (χ0v) is 18.3. The van der Waals surface area contributed by atoms with Crippen molar-refractivity contribution in [3.63, 3.8) is 0 Å². The first-order chi connectivity index (χ1) is 14.4. The first-order valence-electron chi connectivity index (χ1n) is 10.1. The highest BCUT2D eigenvalue weighted by atomic mass is 16.4. The maximum Gasteiger partial charge on any atom is 0.341 e. The number of nitrogens with two attached hydrogens (primary N) is 1. The lowest BCUT2D eigenvalue weighted by molar-refractivity contribution is 0.0693. The SMILES string of the molecule is C=C/C(=C\C=C(\C)N)c1cc2c(cc1O)-c1cc(=O)c(C(=O)O)cn1C(C(C)(C)C)C2. The van der Waals surface area contributed by atoms with Gasteiger partial charge in [0, 0.05) is 35.1 Å². The molecule has 3 rings (SSSR count). The van der Waals surface area contributed by atoms with E-state index in [0.29, 0.717) is 28.9 Å². The van der Waals surface area contributed by atoms with Crippen molar-refractivity contribution < 1.29 is 15.0 Å². The summed E-state index contributed by atoms with van der Waals surface area (Å²) in [7, 11) is 0. The second kappa shape index (κ2) is 7.95. The number of hydrogen-bond acceptors (Lipinski definition) is 4. The van der Waals surface area contributed by atoms with Crippen molar-refractivity contribution in [3.05, 3.63) is 81.8 Å². The number of carboxylic acids is 1. The zero-order chi connectivity index (χ0) is 23.1. The minimum absolute atomic E-state index is 0.0449. The molecule has 2 heterocycles. The van der Waals surface area contributed by atoms with Crippen LogP contribution in [-0.2, 0) is 6.42 Å². The van der Waals surface area contributed by atoms with Crippen LogP contribution in [0.1, 0.15) is 55.2 Å². The topological polar surface area (TPSA) is 106 Å². The molecule has 0 amide bonds. The minimum atomic E-state index is -1.25. The lowest BCUT2D eigenvalue weighted by Gasteiger charge is -2.39. The van der Waals surface area contributed by atoms with E-state index in [1.807, 2.05) is 10.6 Å². The first kappa shape index (κ1) is 22.2. The summed E-state index contributed by atoms with van der Waals surface area (Å²) in [5.41, 5.74) is 8.97. The van der Waals surface area contributed by atoms with Crippen LogP contribution in [0.2, 0.25) is 0 Å². The van der Waals surface area contributed by atoms with Gasteiger partial charge in [0.15, 0.2) is 5.43 Å². The maximum absolute atomic E-state index is 12.5. The van der Waals surface area contributed by atoms with E-state index >= 15 is 0 Å². The highest BCUT2D eigenvalue weighted by Gasteiger charge is 2.34. The molecular weight excluding hydrogens is 392 g/mol. The van der Waals surface area contributed by atoms with Gasteiger partial charge in [0.2, 0.25) is 0 Å². The average Bonchev–Trinajstić information content (AvgIpc) is 2.66. The number of benzene rings is 1. The molecule has 0 fully saturated rings. The number of fused-ring (bicyclic) bond motifs is 3. The number of hydrogen-bond donors (Lipinski definition) is 3. The largest absolute Gasteiger partial charge is 0.507 e. The van der Waals surface area contributed by atoms with Crippen LogP contribution in [0.5, 0.6) is 5.75 Å². The third-order valence-corrected chi connectivity index (χ3v) is 5.61. The zero-order valence-electron chi connectivity index (χ0n) is 18.3. The Kier molecular flexibility index (Phi) is 5.68. The number of aromatic nitrogens is 1. The van der Waals surface area contributed by atoms with Crippen LogP contribution in [0.4, 0.5) is 0 Å². The molecule has 1 unspecified atom stereocenters. The van der Waals surface area contributed by atoms with Crippen LogP contribution >= 0.6 is 0 Å². The van der Waals surface area contributed by atoms with Gasteiger partial charge in [0.25, 0.3) is 0 Å². The molecule has 0 aliphatic carbocycles. The molecule has 4 N–H and O–H groups in total. The van der Waals surface area contributed by atoms with E-state index in [2.05, 4.69) is 27.4 Å². The quantitative estimate of drug-likeness (QED) is 0.632. The number of allylic oxidation sites excluding steroid dienone is 5. The van der Waals surface area contributed by atoms with Gasteiger partial charge in [-0.05, 0) is 48.1 Å². The summed E-state index contributed by atoms with van der Waals surface area (Å²) in [6.45, 7) is 11.9. The smallest absolute Gasteiger partial charge is 0.341 e. The van der Waals surface area contributed by atoms with E-state index in [9.17, 15) is 19.8 Å². The molecule has 0 saturated carbocycles. The van der Waals surface area contributed by atoms with Gasteiger partial charge >= 0.3 is 5.97 Å². The van der Waals surface area contributed by atoms with Crippen molar-refractivity contribution in [3.8, 4) is 17.0 Å². The van der Waals surface area contributed by atoms with Crippen molar-refractivity contribution in [2.45, 2.75) is 40.2 Å². The van der Waals surface area contributed by atoms with Crippen LogP contribution in [0.15, 0.2) is 59.7 Å². The summed E-state index contributed by atoms with van der Waals surface area (Å²) in [6, 6.07) is 4.82. The van der Waals surface area contributed by atoms with Gasteiger partial charge in [0.05, 0.1) is 5.69 Å². The average molecular weight is 421 g/mol. The number of phenols is 1. The van der Waals surface area contributed by atoms with Crippen molar-refractivity contribution in [2.24, 2.45) is 11.1 Å². The summed E-state index contributed by atoms with van der Waals surface area (Å²) in [6.07, 6.45) is 7.25. The minimum Gasteiger partial charge on any atom is -0.507 e. The molecule has 1 aromatic carbocycles. The Morgan fingerprint density at radius 3 is 2.45 bits per heavy atom. The Morgan fingerprint density at radius 2 is 1.90 bits per heavy atom. The van der Waals surface area contributed by atoms with Crippen LogP contribution < -0.4 is 11.2 Å². The van der Waals surface area contributed by atoms with Gasteiger partial charge < -0.3 is 20.5 Å². The molecule has 2 aromatic rings. The van der Waals surface area contributed by atoms with Gasteiger partial charge in [-0.2, -0.15) is 0 Å². The van der Waals surface area contributed by atoms with Gasteiger partial charge in [-0.15, -0.1) is 0 Å². The summed E-state index contributed by atoms with van der Waals surface area (Å²) >= 11 is 0. The first-order valence-corrected chi connectivity index (χ1v) is 10.1. The Hall–Kier alpha value is -3.54. The van der Waals surface area contributed by atoms with E-state index in [0.717, 1.165) is 11.1 Å². The molecule has 31 heavy (non-hydrogen) atoms. The number of phenolic OH excluding ortho intramolecular Hbond substituents is 1. The van der Waals surface area contributed by atoms with Crippen LogP contribution in [0.3, 0.4) is 0 Å². The molecule has 0 bridgehead atoms. The second-order valence-corrected chi connectivity index (χ2v) is 9.00. The second-order valence-electron chi connectivity index (χ2n) is 9.00. The summed E-state index contributed by atoms with van der Waals surface area (Å²) in [5, 5.41) is 20.2. The molecule has 0 radical (unpaired) electrons. The highest BCUT2D eigenvalue weighted by molar-refractivity contribution is 5.88. The number of nitrogens with zero attached hydrogens (tertiary/aromatic N) is 1. The number of rotatable bonds is 4. The molecule has 1 aliphatic rings. The Bertz CT molecular complexity index is 1190. The fourth-order valence-electron chi connectivity index (χ4n) is 3.97. The monoisotopic (exact) mass is 420 g/mol. The van der Waals surface area contributed by atoms with E-state index < -0.39 is 11.4 Å². The normalized spacial score (nSPS) is 16.5. The standard InChI is InChI=1S/C25H28N2O4/c1-6-15(8-7-14(2)26)18-9-16-10-23(25(3,4)5)27-13-19(24(30)31)22(29)12-20(27)17(16)11-21(18)28/h6-9,11-13,23,28H,1,10,26H2,2-5H3,(H,30,31)/b14-7-,15-8+. The third kappa shape index (κ3) is 4.19. The predicted molar refractivity (Wildman–Crippen MR) is 123 cm³/mol. The van der Waals surface area contributed by atoms with Crippen molar-refractivity contribution >= 4 is 11.5 Å².